The lowest BCUT2D eigenvalue weighted by Gasteiger charge is -2.27. The van der Waals surface area contributed by atoms with E-state index in [1.54, 1.807) is 0 Å². The molecule has 0 amide bonds. The lowest BCUT2D eigenvalue weighted by atomic mass is 9.96. The molecule has 0 fully saturated rings. The third-order valence-corrected chi connectivity index (χ3v) is 7.67. The Hall–Kier alpha value is -1.06. The summed E-state index contributed by atoms with van der Waals surface area (Å²) in [7, 11) is 0. The van der Waals surface area contributed by atoms with E-state index in [-0.39, 0.29) is 6.10 Å². The molecule has 2 aromatic rings. The zero-order chi connectivity index (χ0) is 17.5. The quantitative estimate of drug-likeness (QED) is 0.460. The van der Waals surface area contributed by atoms with Crippen LogP contribution in [0, 0.1) is 0 Å². The summed E-state index contributed by atoms with van der Waals surface area (Å²) in [6, 6.07) is 17.5. The van der Waals surface area contributed by atoms with Crippen molar-refractivity contribution in [2.75, 3.05) is 11.5 Å². The number of fused-ring (bicyclic) bond motifs is 1. The van der Waals surface area contributed by atoms with Gasteiger partial charge in [0, 0.05) is 0 Å². The molecule has 3 heteroatoms. The van der Waals surface area contributed by atoms with E-state index in [2.05, 4.69) is 85.9 Å². The van der Waals surface area contributed by atoms with Crippen LogP contribution in [-0.2, 0) is 6.42 Å². The van der Waals surface area contributed by atoms with E-state index in [1.807, 2.05) is 0 Å². The maximum Gasteiger partial charge on any atom is 0.124 e. The van der Waals surface area contributed by atoms with Crippen molar-refractivity contribution in [1.82, 2.24) is 0 Å². The average molecular weight is 373 g/mol. The number of ether oxygens (including phenoxy) is 1. The van der Waals surface area contributed by atoms with Crippen LogP contribution in [0.3, 0.4) is 0 Å². The van der Waals surface area contributed by atoms with E-state index in [1.165, 1.54) is 41.0 Å². The molecule has 1 atom stereocenters. The third kappa shape index (κ3) is 4.98. The van der Waals surface area contributed by atoms with Gasteiger partial charge < -0.3 is 4.74 Å². The van der Waals surface area contributed by atoms with Crippen molar-refractivity contribution in [2.24, 2.45) is 0 Å². The lowest BCUT2D eigenvalue weighted by molar-refractivity contribution is 0.176. The van der Waals surface area contributed by atoms with Gasteiger partial charge in [0.2, 0.25) is 0 Å². The van der Waals surface area contributed by atoms with Crippen LogP contribution in [0.5, 0.6) is 5.75 Å². The number of hydrogen-bond acceptors (Lipinski definition) is 3. The first-order valence-corrected chi connectivity index (χ1v) is 11.5. The fraction of sp³-hybridized carbons (Fsp3) is 0.455. The molecule has 0 aromatic heterocycles. The van der Waals surface area contributed by atoms with Gasteiger partial charge in [0.25, 0.3) is 0 Å². The minimum absolute atomic E-state index is 0.194. The van der Waals surface area contributed by atoms with E-state index < -0.39 is 0 Å². The Labute approximate surface area is 160 Å². The Morgan fingerprint density at radius 2 is 1.72 bits per heavy atom. The number of aryl methyl sites for hydroxylation is 1. The molecule has 3 rings (SSSR count). The molecule has 0 saturated heterocycles. The molecule has 25 heavy (non-hydrogen) atoms. The SMILES string of the molecule is CCCSC(SCCC)c1ccc2c(c1)CCC(c1ccccc1)O2. The molecular formula is C22H28OS2. The van der Waals surface area contributed by atoms with E-state index in [0.29, 0.717) is 4.58 Å². The molecule has 0 aliphatic carbocycles. The van der Waals surface area contributed by atoms with E-state index in [9.17, 15) is 0 Å². The van der Waals surface area contributed by atoms with Crippen molar-refractivity contribution in [2.45, 2.75) is 50.2 Å². The Balaban J connectivity index is 1.74. The van der Waals surface area contributed by atoms with E-state index in [0.717, 1.165) is 18.6 Å². The highest BCUT2D eigenvalue weighted by atomic mass is 32.2. The van der Waals surface area contributed by atoms with Crippen molar-refractivity contribution >= 4 is 23.5 Å². The minimum Gasteiger partial charge on any atom is -0.485 e. The molecule has 0 spiro atoms. The number of thioether (sulfide) groups is 2. The van der Waals surface area contributed by atoms with Gasteiger partial charge in [0.15, 0.2) is 0 Å². The summed E-state index contributed by atoms with van der Waals surface area (Å²) in [5.41, 5.74) is 4.12. The maximum absolute atomic E-state index is 6.30. The molecule has 0 radical (unpaired) electrons. The van der Waals surface area contributed by atoms with Gasteiger partial charge in [0.05, 0.1) is 4.58 Å². The van der Waals surface area contributed by atoms with Crippen LogP contribution in [0.4, 0.5) is 0 Å². The van der Waals surface area contributed by atoms with Crippen molar-refractivity contribution in [3.8, 4) is 5.75 Å². The molecule has 0 bridgehead atoms. The van der Waals surface area contributed by atoms with Crippen molar-refractivity contribution in [3.63, 3.8) is 0 Å². The summed E-state index contributed by atoms with van der Waals surface area (Å²) in [4.78, 5) is 0. The normalized spacial score (nSPS) is 16.5. The first-order valence-electron chi connectivity index (χ1n) is 9.39. The molecule has 1 heterocycles. The van der Waals surface area contributed by atoms with Crippen molar-refractivity contribution in [3.05, 3.63) is 65.2 Å². The zero-order valence-corrected chi connectivity index (χ0v) is 16.9. The molecule has 1 aliphatic heterocycles. The fourth-order valence-electron chi connectivity index (χ4n) is 3.15. The van der Waals surface area contributed by atoms with Crippen molar-refractivity contribution < 1.29 is 4.74 Å². The second kappa shape index (κ2) is 9.59. The highest BCUT2D eigenvalue weighted by Gasteiger charge is 2.22. The van der Waals surface area contributed by atoms with Crippen LogP contribution in [-0.4, -0.2) is 11.5 Å². The molecule has 0 saturated carbocycles. The van der Waals surface area contributed by atoms with Crippen LogP contribution in [0.1, 0.15) is 60.5 Å². The highest BCUT2D eigenvalue weighted by Crippen LogP contribution is 2.43. The van der Waals surface area contributed by atoms with Gasteiger partial charge in [-0.05, 0) is 59.9 Å². The Morgan fingerprint density at radius 1 is 1.00 bits per heavy atom. The number of rotatable bonds is 8. The van der Waals surface area contributed by atoms with Gasteiger partial charge in [-0.1, -0.05) is 56.3 Å². The van der Waals surface area contributed by atoms with Crippen LogP contribution < -0.4 is 4.74 Å². The van der Waals surface area contributed by atoms with Gasteiger partial charge in [-0.3, -0.25) is 0 Å². The standard InChI is InChI=1S/C22H28OS2/c1-3-14-24-22(25-15-4-2)19-11-13-21-18(16-19)10-12-20(23-21)17-8-6-5-7-9-17/h5-9,11,13,16,20,22H,3-4,10,12,14-15H2,1-2H3. The summed E-state index contributed by atoms with van der Waals surface area (Å²) < 4.78 is 6.85. The Morgan fingerprint density at radius 3 is 2.40 bits per heavy atom. The van der Waals surface area contributed by atoms with Gasteiger partial charge in [-0.2, -0.15) is 0 Å². The highest BCUT2D eigenvalue weighted by molar-refractivity contribution is 8.16. The molecule has 1 nitrogen and oxygen atoms in total. The molecule has 134 valence electrons. The Kier molecular flexibility index (Phi) is 7.18. The smallest absolute Gasteiger partial charge is 0.124 e. The second-order valence-electron chi connectivity index (χ2n) is 6.50. The molecular weight excluding hydrogens is 344 g/mol. The fourth-order valence-corrected chi connectivity index (χ4v) is 5.69. The second-order valence-corrected chi connectivity index (χ2v) is 9.22. The summed E-state index contributed by atoms with van der Waals surface area (Å²) in [5.74, 6) is 3.53. The average Bonchev–Trinajstić information content (AvgIpc) is 2.68. The molecule has 1 unspecified atom stereocenters. The van der Waals surface area contributed by atoms with Crippen LogP contribution >= 0.6 is 23.5 Å². The van der Waals surface area contributed by atoms with E-state index >= 15 is 0 Å². The summed E-state index contributed by atoms with van der Waals surface area (Å²) >= 11 is 4.17. The van der Waals surface area contributed by atoms with E-state index in [4.69, 9.17) is 4.74 Å². The largest absolute Gasteiger partial charge is 0.485 e. The first-order chi connectivity index (χ1) is 12.3. The predicted octanol–water partition coefficient (Wildman–Crippen LogP) is 7.04. The maximum atomic E-state index is 6.30. The first kappa shape index (κ1) is 18.7. The topological polar surface area (TPSA) is 9.23 Å². The minimum atomic E-state index is 0.194. The third-order valence-electron chi connectivity index (χ3n) is 4.42. The van der Waals surface area contributed by atoms with Gasteiger partial charge in [-0.25, -0.2) is 0 Å². The molecule has 0 N–H and O–H groups in total. The number of hydrogen-bond donors (Lipinski definition) is 0. The summed E-state index contributed by atoms with van der Waals surface area (Å²) in [6.45, 7) is 4.53. The van der Waals surface area contributed by atoms with Crippen LogP contribution in [0.25, 0.3) is 0 Å². The Bertz CT molecular complexity index is 648. The van der Waals surface area contributed by atoms with Crippen LogP contribution in [0.15, 0.2) is 48.5 Å². The molecule has 1 aliphatic rings. The monoisotopic (exact) mass is 372 g/mol. The van der Waals surface area contributed by atoms with Gasteiger partial charge in [0.1, 0.15) is 11.9 Å². The lowest BCUT2D eigenvalue weighted by Crippen LogP contribution is -2.15. The zero-order valence-electron chi connectivity index (χ0n) is 15.2. The van der Waals surface area contributed by atoms with Gasteiger partial charge >= 0.3 is 0 Å². The van der Waals surface area contributed by atoms with Gasteiger partial charge in [-0.15, -0.1) is 23.5 Å². The molecule has 2 aromatic carbocycles. The number of benzene rings is 2. The van der Waals surface area contributed by atoms with Crippen LogP contribution in [0.2, 0.25) is 0 Å². The van der Waals surface area contributed by atoms with Crippen molar-refractivity contribution in [1.29, 1.82) is 0 Å². The summed E-state index contributed by atoms with van der Waals surface area (Å²) in [5, 5.41) is 0. The summed E-state index contributed by atoms with van der Waals surface area (Å²) in [6.07, 6.45) is 4.84. The predicted molar refractivity (Wildman–Crippen MR) is 113 cm³/mol.